The van der Waals surface area contributed by atoms with E-state index in [1.54, 1.807) is 0 Å². The Bertz CT molecular complexity index is 234. The van der Waals surface area contributed by atoms with Crippen LogP contribution in [-0.2, 0) is 9.53 Å². The molecule has 0 aromatic carbocycles. The number of carbonyl (C=O) groups is 2. The van der Waals surface area contributed by atoms with Gasteiger partial charge >= 0.3 is 12.0 Å². The van der Waals surface area contributed by atoms with Crippen molar-refractivity contribution >= 4 is 12.0 Å². The van der Waals surface area contributed by atoms with Gasteiger partial charge in [-0.05, 0) is 6.92 Å². The van der Waals surface area contributed by atoms with E-state index in [2.05, 4.69) is 5.32 Å². The first-order chi connectivity index (χ1) is 7.52. The Morgan fingerprint density at radius 1 is 1.44 bits per heavy atom. The van der Waals surface area contributed by atoms with Crippen LogP contribution in [-0.4, -0.2) is 66.6 Å². The van der Waals surface area contributed by atoms with Crippen LogP contribution < -0.4 is 5.32 Å². The SMILES string of the molecule is COCCN(CCO)C(=O)N[C@H](C)C(=O)O. The summed E-state index contributed by atoms with van der Waals surface area (Å²) in [5, 5.41) is 19.7. The van der Waals surface area contributed by atoms with E-state index >= 15 is 0 Å². The summed E-state index contributed by atoms with van der Waals surface area (Å²) in [6.45, 7) is 1.96. The van der Waals surface area contributed by atoms with Gasteiger partial charge in [-0.2, -0.15) is 0 Å². The molecule has 0 aromatic heterocycles. The molecule has 0 heterocycles. The van der Waals surface area contributed by atoms with Crippen LogP contribution in [0.3, 0.4) is 0 Å². The van der Waals surface area contributed by atoms with Crippen molar-refractivity contribution in [3.8, 4) is 0 Å². The number of methoxy groups -OCH3 is 1. The van der Waals surface area contributed by atoms with Crippen molar-refractivity contribution in [2.45, 2.75) is 13.0 Å². The molecule has 0 unspecified atom stereocenters. The number of carbonyl (C=O) groups excluding carboxylic acids is 1. The van der Waals surface area contributed by atoms with Crippen molar-refractivity contribution in [2.75, 3.05) is 33.4 Å². The monoisotopic (exact) mass is 234 g/mol. The molecule has 94 valence electrons. The lowest BCUT2D eigenvalue weighted by Crippen LogP contribution is -2.48. The van der Waals surface area contributed by atoms with E-state index in [1.807, 2.05) is 0 Å². The van der Waals surface area contributed by atoms with Crippen molar-refractivity contribution in [1.29, 1.82) is 0 Å². The highest BCUT2D eigenvalue weighted by atomic mass is 16.5. The van der Waals surface area contributed by atoms with Gasteiger partial charge < -0.3 is 25.2 Å². The first-order valence-electron chi connectivity index (χ1n) is 4.91. The third kappa shape index (κ3) is 5.52. The molecule has 0 aliphatic rings. The second kappa shape index (κ2) is 7.89. The molecule has 0 radical (unpaired) electrons. The number of hydrogen-bond acceptors (Lipinski definition) is 4. The standard InChI is InChI=1S/C9H18N2O5/c1-7(8(13)14)10-9(15)11(3-5-12)4-6-16-2/h7,12H,3-6H2,1-2H3,(H,10,15)(H,13,14)/t7-/m1/s1. The predicted octanol–water partition coefficient (Wildman–Crippen LogP) is -0.890. The van der Waals surface area contributed by atoms with E-state index in [4.69, 9.17) is 14.9 Å². The van der Waals surface area contributed by atoms with Crippen molar-refractivity contribution < 1.29 is 24.5 Å². The molecule has 2 amide bonds. The minimum atomic E-state index is -1.11. The van der Waals surface area contributed by atoms with E-state index in [0.29, 0.717) is 13.2 Å². The maximum Gasteiger partial charge on any atom is 0.325 e. The van der Waals surface area contributed by atoms with Crippen molar-refractivity contribution in [3.63, 3.8) is 0 Å². The maximum atomic E-state index is 11.5. The van der Waals surface area contributed by atoms with Crippen LogP contribution in [0.1, 0.15) is 6.92 Å². The summed E-state index contributed by atoms with van der Waals surface area (Å²) in [7, 11) is 1.49. The van der Waals surface area contributed by atoms with Gasteiger partial charge in [-0.15, -0.1) is 0 Å². The normalized spacial score (nSPS) is 11.9. The van der Waals surface area contributed by atoms with Crippen LogP contribution in [0.5, 0.6) is 0 Å². The Kier molecular flexibility index (Phi) is 7.23. The van der Waals surface area contributed by atoms with Gasteiger partial charge in [0.05, 0.1) is 13.2 Å². The zero-order chi connectivity index (χ0) is 12.6. The van der Waals surface area contributed by atoms with E-state index in [9.17, 15) is 9.59 Å². The van der Waals surface area contributed by atoms with Crippen molar-refractivity contribution in [2.24, 2.45) is 0 Å². The third-order valence-corrected chi connectivity index (χ3v) is 1.93. The molecular formula is C9H18N2O5. The zero-order valence-corrected chi connectivity index (χ0v) is 9.47. The number of rotatable bonds is 7. The fourth-order valence-corrected chi connectivity index (χ4v) is 0.975. The van der Waals surface area contributed by atoms with Crippen LogP contribution in [0, 0.1) is 0 Å². The fraction of sp³-hybridized carbons (Fsp3) is 0.778. The second-order valence-electron chi connectivity index (χ2n) is 3.21. The van der Waals surface area contributed by atoms with E-state index in [-0.39, 0.29) is 13.2 Å². The van der Waals surface area contributed by atoms with Gasteiger partial charge in [0.25, 0.3) is 0 Å². The molecular weight excluding hydrogens is 216 g/mol. The Hall–Kier alpha value is -1.34. The predicted molar refractivity (Wildman–Crippen MR) is 56.2 cm³/mol. The molecule has 0 aliphatic carbocycles. The summed E-state index contributed by atoms with van der Waals surface area (Å²) in [6, 6.07) is -1.49. The van der Waals surface area contributed by atoms with Gasteiger partial charge in [-0.1, -0.05) is 0 Å². The van der Waals surface area contributed by atoms with Crippen LogP contribution in [0.15, 0.2) is 0 Å². The number of hydrogen-bond donors (Lipinski definition) is 3. The van der Waals surface area contributed by atoms with Crippen LogP contribution >= 0.6 is 0 Å². The first-order valence-corrected chi connectivity index (χ1v) is 4.91. The van der Waals surface area contributed by atoms with E-state index in [0.717, 1.165) is 0 Å². The number of aliphatic hydroxyl groups excluding tert-OH is 1. The lowest BCUT2D eigenvalue weighted by molar-refractivity contribution is -0.138. The highest BCUT2D eigenvalue weighted by Crippen LogP contribution is 1.92. The molecule has 16 heavy (non-hydrogen) atoms. The van der Waals surface area contributed by atoms with Gasteiger partial charge in [0.1, 0.15) is 6.04 Å². The van der Waals surface area contributed by atoms with Gasteiger partial charge in [0, 0.05) is 20.2 Å². The van der Waals surface area contributed by atoms with Crippen molar-refractivity contribution in [3.05, 3.63) is 0 Å². The van der Waals surface area contributed by atoms with Gasteiger partial charge in [-0.25, -0.2) is 4.79 Å². The molecule has 0 rings (SSSR count). The minimum Gasteiger partial charge on any atom is -0.480 e. The highest BCUT2D eigenvalue weighted by Gasteiger charge is 2.18. The van der Waals surface area contributed by atoms with E-state index in [1.165, 1.54) is 18.9 Å². The molecule has 7 heteroatoms. The summed E-state index contributed by atoms with van der Waals surface area (Å²) in [4.78, 5) is 23.4. The lowest BCUT2D eigenvalue weighted by atomic mass is 10.3. The zero-order valence-electron chi connectivity index (χ0n) is 9.47. The number of carboxylic acid groups (broad SMARTS) is 1. The summed E-state index contributed by atoms with van der Waals surface area (Å²) in [6.07, 6.45) is 0. The Morgan fingerprint density at radius 3 is 2.50 bits per heavy atom. The molecule has 0 aliphatic heterocycles. The summed E-state index contributed by atoms with van der Waals surface area (Å²) in [5.41, 5.74) is 0. The highest BCUT2D eigenvalue weighted by molar-refractivity contribution is 5.82. The number of carboxylic acids is 1. The van der Waals surface area contributed by atoms with Crippen LogP contribution in [0.2, 0.25) is 0 Å². The molecule has 0 fully saturated rings. The fourth-order valence-electron chi connectivity index (χ4n) is 0.975. The molecule has 3 N–H and O–H groups in total. The second-order valence-corrected chi connectivity index (χ2v) is 3.21. The molecule has 0 spiro atoms. The summed E-state index contributed by atoms with van der Waals surface area (Å²) in [5.74, 6) is -1.11. The van der Waals surface area contributed by atoms with Crippen molar-refractivity contribution in [1.82, 2.24) is 10.2 Å². The smallest absolute Gasteiger partial charge is 0.325 e. The maximum absolute atomic E-state index is 11.5. The Labute approximate surface area is 94.0 Å². The Balaban J connectivity index is 4.20. The summed E-state index contributed by atoms with van der Waals surface area (Å²) >= 11 is 0. The topological polar surface area (TPSA) is 99.1 Å². The quantitative estimate of drug-likeness (QED) is 0.530. The average Bonchev–Trinajstić information content (AvgIpc) is 2.23. The molecule has 7 nitrogen and oxygen atoms in total. The van der Waals surface area contributed by atoms with Gasteiger partial charge in [-0.3, -0.25) is 4.79 Å². The number of ether oxygens (including phenoxy) is 1. The number of urea groups is 1. The molecule has 1 atom stereocenters. The number of nitrogens with zero attached hydrogens (tertiary/aromatic N) is 1. The number of aliphatic hydroxyl groups is 1. The van der Waals surface area contributed by atoms with E-state index < -0.39 is 18.0 Å². The number of aliphatic carboxylic acids is 1. The summed E-state index contributed by atoms with van der Waals surface area (Å²) < 4.78 is 4.80. The van der Waals surface area contributed by atoms with Gasteiger partial charge in [0.2, 0.25) is 0 Å². The third-order valence-electron chi connectivity index (χ3n) is 1.93. The van der Waals surface area contributed by atoms with Crippen LogP contribution in [0.4, 0.5) is 4.79 Å². The molecule has 0 bridgehead atoms. The molecule has 0 saturated carbocycles. The minimum absolute atomic E-state index is 0.140. The number of amides is 2. The molecule has 0 aromatic rings. The molecule has 0 saturated heterocycles. The van der Waals surface area contributed by atoms with Crippen LogP contribution in [0.25, 0.3) is 0 Å². The van der Waals surface area contributed by atoms with Gasteiger partial charge in [0.15, 0.2) is 0 Å². The average molecular weight is 234 g/mol. The largest absolute Gasteiger partial charge is 0.480 e. The number of nitrogens with one attached hydrogen (secondary N) is 1. The Morgan fingerprint density at radius 2 is 2.06 bits per heavy atom. The lowest BCUT2D eigenvalue weighted by Gasteiger charge is -2.23. The first kappa shape index (κ1) is 14.7.